The maximum Gasteiger partial charge on any atom is 0.255 e. The van der Waals surface area contributed by atoms with E-state index in [2.05, 4.69) is 0 Å². The molecule has 0 aliphatic heterocycles. The molecule has 1 aliphatic rings. The van der Waals surface area contributed by atoms with Gasteiger partial charge in [-0.3, -0.25) is 4.79 Å². The zero-order valence-corrected chi connectivity index (χ0v) is 19.0. The van der Waals surface area contributed by atoms with Gasteiger partial charge in [0.25, 0.3) is 10.0 Å². The van der Waals surface area contributed by atoms with Crippen molar-refractivity contribution in [2.45, 2.75) is 48.5 Å². The number of carbonyl (C=O) groups excluding carboxylic acids is 1. The fourth-order valence-electron chi connectivity index (χ4n) is 3.43. The van der Waals surface area contributed by atoms with Crippen molar-refractivity contribution in [3.63, 3.8) is 0 Å². The fourth-order valence-corrected chi connectivity index (χ4v) is 5.78. The minimum absolute atomic E-state index is 0.0189. The summed E-state index contributed by atoms with van der Waals surface area (Å²) in [6.07, 6.45) is -4.99. The highest BCUT2D eigenvalue weighted by atomic mass is 32.3. The first kappa shape index (κ1) is 25.3. The number of ether oxygens (including phenoxy) is 1. The number of nitrogens with zero attached hydrogens (tertiary/aromatic N) is 1. The van der Waals surface area contributed by atoms with Gasteiger partial charge in [0.05, 0.1) is 11.4 Å². The Balaban J connectivity index is 1.95. The van der Waals surface area contributed by atoms with Crippen molar-refractivity contribution in [1.82, 2.24) is 3.71 Å². The van der Waals surface area contributed by atoms with Gasteiger partial charge in [-0.1, -0.05) is 52.2 Å². The largest absolute Gasteiger partial charge is 0.333 e. The van der Waals surface area contributed by atoms with E-state index in [1.165, 1.54) is 42.5 Å². The van der Waals surface area contributed by atoms with Crippen LogP contribution in [0.5, 0.6) is 0 Å². The van der Waals surface area contributed by atoms with E-state index in [1.54, 1.807) is 6.07 Å². The zero-order chi connectivity index (χ0) is 24.3. The highest BCUT2D eigenvalue weighted by Gasteiger charge is 2.47. The molecule has 7 nitrogen and oxygen atoms in total. The van der Waals surface area contributed by atoms with Crippen LogP contribution >= 0.6 is 0 Å². The minimum Gasteiger partial charge on any atom is -0.333 e. The Labute approximate surface area is 191 Å². The standard InChI is InChI=1S/C21H22F3NO6S2/c22-20(23)11-13-21(24,14-12-20)31-18(19(26)16-7-3-1-4-8-16)15-25(32(27)28)33(29,30)17-9-5-2-6-10-17/h1-10,18,32H,11-15H2. The van der Waals surface area contributed by atoms with Crippen LogP contribution in [0, 0.1) is 0 Å². The van der Waals surface area contributed by atoms with E-state index < -0.39 is 76.8 Å². The van der Waals surface area contributed by atoms with Crippen molar-refractivity contribution in [2.24, 2.45) is 0 Å². The number of Topliss-reactive ketones (excluding diaryl/α,β-unsaturated/α-hetero) is 1. The van der Waals surface area contributed by atoms with Gasteiger partial charge in [-0.2, -0.15) is 0 Å². The van der Waals surface area contributed by atoms with E-state index in [-0.39, 0.29) is 14.2 Å². The highest BCUT2D eigenvalue weighted by Crippen LogP contribution is 2.42. The number of alkyl halides is 3. The molecule has 0 N–H and O–H groups in total. The lowest BCUT2D eigenvalue weighted by molar-refractivity contribution is -0.213. The molecule has 1 fully saturated rings. The Morgan fingerprint density at radius 2 is 1.45 bits per heavy atom. The second-order valence-corrected chi connectivity index (χ2v) is 10.7. The molecule has 0 spiro atoms. The molecule has 0 heterocycles. The van der Waals surface area contributed by atoms with Crippen molar-refractivity contribution in [3.8, 4) is 0 Å². The third-order valence-corrected chi connectivity index (χ3v) is 8.40. The Kier molecular flexibility index (Phi) is 7.62. The molecule has 2 aromatic carbocycles. The van der Waals surface area contributed by atoms with Crippen LogP contribution in [0.4, 0.5) is 13.2 Å². The Morgan fingerprint density at radius 1 is 0.939 bits per heavy atom. The van der Waals surface area contributed by atoms with E-state index in [0.717, 1.165) is 12.1 Å². The molecule has 0 radical (unpaired) electrons. The number of thiol groups is 1. The van der Waals surface area contributed by atoms with Crippen molar-refractivity contribution >= 4 is 26.7 Å². The molecular weight excluding hydrogens is 483 g/mol. The van der Waals surface area contributed by atoms with Gasteiger partial charge < -0.3 is 4.74 Å². The number of halogens is 3. The molecule has 0 bridgehead atoms. The Bertz CT molecular complexity index is 1140. The summed E-state index contributed by atoms with van der Waals surface area (Å²) in [7, 11) is -8.41. The first-order valence-corrected chi connectivity index (χ1v) is 12.6. The van der Waals surface area contributed by atoms with E-state index in [9.17, 15) is 30.4 Å². The molecule has 2 aromatic rings. The minimum atomic E-state index is -4.63. The van der Waals surface area contributed by atoms with Crippen LogP contribution in [-0.4, -0.2) is 50.8 Å². The maximum atomic E-state index is 15.3. The average molecular weight is 506 g/mol. The molecule has 12 heteroatoms. The fraction of sp³-hybridized carbons (Fsp3) is 0.381. The number of hydrogen-bond acceptors (Lipinski definition) is 6. The van der Waals surface area contributed by atoms with Crippen molar-refractivity contribution in [1.29, 1.82) is 0 Å². The van der Waals surface area contributed by atoms with Crippen LogP contribution in [0.25, 0.3) is 0 Å². The molecule has 3 rings (SSSR count). The van der Waals surface area contributed by atoms with E-state index in [0.29, 0.717) is 0 Å². The number of ketones is 1. The molecule has 1 atom stereocenters. The predicted molar refractivity (Wildman–Crippen MR) is 114 cm³/mol. The molecule has 1 saturated carbocycles. The summed E-state index contributed by atoms with van der Waals surface area (Å²) in [6.45, 7) is -1.05. The summed E-state index contributed by atoms with van der Waals surface area (Å²) in [5.74, 6) is -6.61. The molecule has 0 amide bonds. The Morgan fingerprint density at radius 3 is 1.97 bits per heavy atom. The molecular formula is C21H22F3NO6S2. The zero-order valence-electron chi connectivity index (χ0n) is 17.3. The summed E-state index contributed by atoms with van der Waals surface area (Å²) < 4.78 is 97.2. The van der Waals surface area contributed by atoms with Crippen LogP contribution < -0.4 is 0 Å². The number of hydrogen-bond donors (Lipinski definition) is 1. The predicted octanol–water partition coefficient (Wildman–Crippen LogP) is 3.35. The van der Waals surface area contributed by atoms with Crippen LogP contribution in [0.3, 0.4) is 0 Å². The quantitative estimate of drug-likeness (QED) is 0.415. The van der Waals surface area contributed by atoms with Gasteiger partial charge in [-0.05, 0) is 12.1 Å². The third kappa shape index (κ3) is 6.19. The summed E-state index contributed by atoms with van der Waals surface area (Å²) in [5, 5.41) is 0. The normalized spacial score (nSPS) is 18.8. The average Bonchev–Trinajstić information content (AvgIpc) is 2.79. The number of carbonyl (C=O) groups is 1. The van der Waals surface area contributed by atoms with Gasteiger partial charge in [-0.15, -0.1) is 0 Å². The summed E-state index contributed by atoms with van der Waals surface area (Å²) >= 11 is 0. The van der Waals surface area contributed by atoms with Crippen molar-refractivity contribution < 1.29 is 39.5 Å². The van der Waals surface area contributed by atoms with Gasteiger partial charge in [0.1, 0.15) is 6.10 Å². The van der Waals surface area contributed by atoms with Crippen LogP contribution in [0.1, 0.15) is 36.0 Å². The van der Waals surface area contributed by atoms with E-state index in [4.69, 9.17) is 4.74 Å². The summed E-state index contributed by atoms with van der Waals surface area (Å²) in [6, 6.07) is 14.0. The van der Waals surface area contributed by atoms with Crippen LogP contribution in [-0.2, 0) is 25.7 Å². The van der Waals surface area contributed by atoms with Gasteiger partial charge >= 0.3 is 0 Å². The third-order valence-electron chi connectivity index (χ3n) is 5.26. The first-order valence-electron chi connectivity index (χ1n) is 9.99. The lowest BCUT2D eigenvalue weighted by Crippen LogP contribution is -2.47. The van der Waals surface area contributed by atoms with Gasteiger partial charge in [-0.25, -0.2) is 30.0 Å². The number of benzene rings is 2. The lowest BCUT2D eigenvalue weighted by Gasteiger charge is -2.36. The monoisotopic (exact) mass is 505 g/mol. The Hall–Kier alpha value is -2.28. The topological polar surface area (TPSA) is 97.8 Å². The summed E-state index contributed by atoms with van der Waals surface area (Å²) in [4.78, 5) is 12.7. The number of rotatable bonds is 9. The van der Waals surface area contributed by atoms with Gasteiger partial charge in [0, 0.05) is 31.2 Å². The molecule has 180 valence electrons. The van der Waals surface area contributed by atoms with Gasteiger partial charge in [0.2, 0.25) is 22.7 Å². The van der Waals surface area contributed by atoms with Crippen LogP contribution in [0.15, 0.2) is 65.6 Å². The lowest BCUT2D eigenvalue weighted by atomic mass is 9.92. The second kappa shape index (κ2) is 9.92. The number of sulfonamides is 1. The first-order chi connectivity index (χ1) is 15.4. The molecule has 1 unspecified atom stereocenters. The van der Waals surface area contributed by atoms with Gasteiger partial charge in [0.15, 0.2) is 5.78 Å². The second-order valence-electron chi connectivity index (χ2n) is 7.64. The smallest absolute Gasteiger partial charge is 0.255 e. The SMILES string of the molecule is O=C(c1ccccc1)C(CN([SH](=O)=O)S(=O)(=O)c1ccccc1)OC1(F)CCC(F)(F)CC1. The molecule has 0 saturated heterocycles. The molecule has 1 aliphatic carbocycles. The highest BCUT2D eigenvalue weighted by molar-refractivity contribution is 7.97. The molecule has 0 aromatic heterocycles. The van der Waals surface area contributed by atoms with Crippen molar-refractivity contribution in [3.05, 3.63) is 66.2 Å². The van der Waals surface area contributed by atoms with Crippen LogP contribution in [0.2, 0.25) is 0 Å². The van der Waals surface area contributed by atoms with E-state index in [1.807, 2.05) is 0 Å². The maximum absolute atomic E-state index is 15.3. The molecule has 33 heavy (non-hydrogen) atoms. The van der Waals surface area contributed by atoms with E-state index >= 15 is 4.39 Å². The summed E-state index contributed by atoms with van der Waals surface area (Å²) in [5.41, 5.74) is 0.0189. The van der Waals surface area contributed by atoms with Crippen molar-refractivity contribution in [2.75, 3.05) is 6.54 Å².